The van der Waals surface area contributed by atoms with E-state index in [1.165, 1.54) is 25.8 Å². The Balaban J connectivity index is 1.45. The maximum atomic E-state index is 5.65. The highest BCUT2D eigenvalue weighted by Crippen LogP contribution is 2.18. The summed E-state index contributed by atoms with van der Waals surface area (Å²) in [4.78, 5) is 7.02. The summed E-state index contributed by atoms with van der Waals surface area (Å²) in [6.07, 6.45) is 5.21. The summed E-state index contributed by atoms with van der Waals surface area (Å²) in [6.45, 7) is 5.67. The lowest BCUT2D eigenvalue weighted by Gasteiger charge is -2.33. The second-order valence-electron chi connectivity index (χ2n) is 5.65. The molecule has 4 nitrogen and oxygen atoms in total. The second-order valence-corrected chi connectivity index (χ2v) is 5.65. The van der Waals surface area contributed by atoms with Crippen LogP contribution in [0, 0.1) is 0 Å². The van der Waals surface area contributed by atoms with Gasteiger partial charge in [0, 0.05) is 19.1 Å². The average Bonchev–Trinajstić information content (AvgIpc) is 2.88. The molecule has 1 aromatic carbocycles. The molecule has 0 bridgehead atoms. The zero-order valence-electron chi connectivity index (χ0n) is 12.1. The molecular formula is C16H23N3O. The Bertz CT molecular complexity index is 518. The van der Waals surface area contributed by atoms with Crippen molar-refractivity contribution < 1.29 is 4.42 Å². The van der Waals surface area contributed by atoms with Gasteiger partial charge in [-0.3, -0.25) is 0 Å². The largest absolute Gasteiger partial charge is 0.424 e. The Morgan fingerprint density at radius 1 is 1.35 bits per heavy atom. The zero-order chi connectivity index (χ0) is 13.8. The van der Waals surface area contributed by atoms with E-state index in [1.807, 2.05) is 24.3 Å². The van der Waals surface area contributed by atoms with Crippen LogP contribution in [0.5, 0.6) is 0 Å². The van der Waals surface area contributed by atoms with Gasteiger partial charge in [0.1, 0.15) is 5.52 Å². The number of fused-ring (bicyclic) bond motifs is 1. The molecule has 20 heavy (non-hydrogen) atoms. The fraction of sp³-hybridized carbons (Fsp3) is 0.562. The molecule has 1 aromatic heterocycles. The number of rotatable bonds is 5. The summed E-state index contributed by atoms with van der Waals surface area (Å²) in [7, 11) is 0. The predicted molar refractivity (Wildman–Crippen MR) is 82.0 cm³/mol. The SMILES string of the molecule is CC1CCCCN1CCCNc1nc2ccccc2o1. The van der Waals surface area contributed by atoms with Crippen LogP contribution in [-0.4, -0.2) is 35.6 Å². The molecule has 1 atom stereocenters. The third kappa shape index (κ3) is 3.12. The molecule has 4 heteroatoms. The van der Waals surface area contributed by atoms with Gasteiger partial charge in [0.2, 0.25) is 0 Å². The fourth-order valence-corrected chi connectivity index (χ4v) is 2.92. The number of likely N-dealkylation sites (tertiary alicyclic amines) is 1. The van der Waals surface area contributed by atoms with Gasteiger partial charge in [0.15, 0.2) is 5.58 Å². The molecule has 1 aliphatic heterocycles. The van der Waals surface area contributed by atoms with Gasteiger partial charge in [-0.2, -0.15) is 4.98 Å². The Hall–Kier alpha value is -1.55. The molecular weight excluding hydrogens is 250 g/mol. The second kappa shape index (κ2) is 6.27. The van der Waals surface area contributed by atoms with Crippen LogP contribution in [0.2, 0.25) is 0 Å². The number of nitrogens with one attached hydrogen (secondary N) is 1. The summed E-state index contributed by atoms with van der Waals surface area (Å²) in [5.74, 6) is 0. The van der Waals surface area contributed by atoms with Gasteiger partial charge in [0.25, 0.3) is 6.01 Å². The van der Waals surface area contributed by atoms with Crippen LogP contribution in [0.15, 0.2) is 28.7 Å². The fourth-order valence-electron chi connectivity index (χ4n) is 2.92. The monoisotopic (exact) mass is 273 g/mol. The standard InChI is InChI=1S/C16H23N3O/c1-13-7-4-5-11-19(13)12-6-10-17-16-18-14-8-2-3-9-15(14)20-16/h2-3,8-9,13H,4-7,10-12H2,1H3,(H,17,18). The highest BCUT2D eigenvalue weighted by molar-refractivity contribution is 5.74. The van der Waals surface area contributed by atoms with E-state index in [4.69, 9.17) is 4.42 Å². The molecule has 2 heterocycles. The first kappa shape index (κ1) is 13.4. The Morgan fingerprint density at radius 2 is 2.25 bits per heavy atom. The van der Waals surface area contributed by atoms with Gasteiger partial charge in [-0.1, -0.05) is 18.6 Å². The molecule has 108 valence electrons. The van der Waals surface area contributed by atoms with Gasteiger partial charge in [-0.25, -0.2) is 0 Å². The van der Waals surface area contributed by atoms with Gasteiger partial charge >= 0.3 is 0 Å². The quantitative estimate of drug-likeness (QED) is 0.846. The lowest BCUT2D eigenvalue weighted by molar-refractivity contribution is 0.160. The molecule has 1 unspecified atom stereocenters. The third-order valence-corrected chi connectivity index (χ3v) is 4.13. The van der Waals surface area contributed by atoms with E-state index < -0.39 is 0 Å². The summed E-state index contributed by atoms with van der Waals surface area (Å²) < 4.78 is 5.65. The third-order valence-electron chi connectivity index (χ3n) is 4.13. The summed E-state index contributed by atoms with van der Waals surface area (Å²) in [6, 6.07) is 9.25. The molecule has 0 radical (unpaired) electrons. The maximum absolute atomic E-state index is 5.65. The average molecular weight is 273 g/mol. The van der Waals surface area contributed by atoms with Crippen LogP contribution < -0.4 is 5.32 Å². The first-order chi connectivity index (χ1) is 9.83. The number of hydrogen-bond donors (Lipinski definition) is 1. The minimum Gasteiger partial charge on any atom is -0.424 e. The number of aromatic nitrogens is 1. The molecule has 0 spiro atoms. The van der Waals surface area contributed by atoms with Crippen LogP contribution in [-0.2, 0) is 0 Å². The predicted octanol–water partition coefficient (Wildman–Crippen LogP) is 3.50. The van der Waals surface area contributed by atoms with Gasteiger partial charge in [-0.15, -0.1) is 0 Å². The first-order valence-corrected chi connectivity index (χ1v) is 7.66. The number of anilines is 1. The normalized spacial score (nSPS) is 20.4. The number of hydrogen-bond acceptors (Lipinski definition) is 4. The van der Waals surface area contributed by atoms with E-state index in [0.717, 1.165) is 36.7 Å². The lowest BCUT2D eigenvalue weighted by atomic mass is 10.0. The summed E-state index contributed by atoms with van der Waals surface area (Å²) in [5.41, 5.74) is 1.76. The molecule has 0 saturated carbocycles. The van der Waals surface area contributed by atoms with Crippen LogP contribution in [0.4, 0.5) is 6.01 Å². The van der Waals surface area contributed by atoms with Crippen molar-refractivity contribution in [2.24, 2.45) is 0 Å². The number of para-hydroxylation sites is 2. The van der Waals surface area contributed by atoms with Crippen LogP contribution in [0.3, 0.4) is 0 Å². The highest BCUT2D eigenvalue weighted by Gasteiger charge is 2.17. The smallest absolute Gasteiger partial charge is 0.295 e. The number of benzene rings is 1. The van der Waals surface area contributed by atoms with Crippen molar-refractivity contribution in [2.45, 2.75) is 38.6 Å². The van der Waals surface area contributed by atoms with Crippen molar-refractivity contribution in [1.29, 1.82) is 0 Å². The zero-order valence-corrected chi connectivity index (χ0v) is 12.1. The lowest BCUT2D eigenvalue weighted by Crippen LogP contribution is -2.38. The number of piperidine rings is 1. The van der Waals surface area contributed by atoms with Crippen molar-refractivity contribution in [3.63, 3.8) is 0 Å². The van der Waals surface area contributed by atoms with E-state index in [-0.39, 0.29) is 0 Å². The van der Waals surface area contributed by atoms with E-state index in [0.29, 0.717) is 6.01 Å². The van der Waals surface area contributed by atoms with Crippen molar-refractivity contribution in [3.8, 4) is 0 Å². The molecule has 1 saturated heterocycles. The minimum atomic E-state index is 0.637. The molecule has 1 N–H and O–H groups in total. The molecule has 0 aliphatic carbocycles. The van der Waals surface area contributed by atoms with E-state index in [2.05, 4.69) is 22.1 Å². The van der Waals surface area contributed by atoms with Crippen molar-refractivity contribution >= 4 is 17.1 Å². The maximum Gasteiger partial charge on any atom is 0.295 e. The van der Waals surface area contributed by atoms with Gasteiger partial charge < -0.3 is 14.6 Å². The number of nitrogens with zero attached hydrogens (tertiary/aromatic N) is 2. The van der Waals surface area contributed by atoms with Crippen LogP contribution in [0.25, 0.3) is 11.1 Å². The first-order valence-electron chi connectivity index (χ1n) is 7.66. The molecule has 1 fully saturated rings. The highest BCUT2D eigenvalue weighted by atomic mass is 16.4. The Labute approximate surface area is 120 Å². The van der Waals surface area contributed by atoms with Gasteiger partial charge in [0.05, 0.1) is 0 Å². The topological polar surface area (TPSA) is 41.3 Å². The van der Waals surface area contributed by atoms with Crippen molar-refractivity contribution in [1.82, 2.24) is 9.88 Å². The molecule has 0 amide bonds. The summed E-state index contributed by atoms with van der Waals surface area (Å²) in [5, 5.41) is 3.28. The van der Waals surface area contributed by atoms with E-state index >= 15 is 0 Å². The van der Waals surface area contributed by atoms with Crippen LogP contribution >= 0.6 is 0 Å². The Morgan fingerprint density at radius 3 is 3.10 bits per heavy atom. The Kier molecular flexibility index (Phi) is 4.21. The molecule has 3 rings (SSSR count). The van der Waals surface area contributed by atoms with Gasteiger partial charge in [-0.05, 0) is 44.9 Å². The molecule has 2 aromatic rings. The molecule has 1 aliphatic rings. The van der Waals surface area contributed by atoms with Crippen molar-refractivity contribution in [3.05, 3.63) is 24.3 Å². The number of oxazole rings is 1. The minimum absolute atomic E-state index is 0.637. The van der Waals surface area contributed by atoms with E-state index in [9.17, 15) is 0 Å². The summed E-state index contributed by atoms with van der Waals surface area (Å²) >= 11 is 0. The van der Waals surface area contributed by atoms with Crippen molar-refractivity contribution in [2.75, 3.05) is 25.0 Å². The van der Waals surface area contributed by atoms with E-state index in [1.54, 1.807) is 0 Å². The van der Waals surface area contributed by atoms with Crippen LogP contribution in [0.1, 0.15) is 32.6 Å².